The van der Waals surface area contributed by atoms with Gasteiger partial charge in [-0.05, 0) is 19.3 Å². The summed E-state index contributed by atoms with van der Waals surface area (Å²) in [4.78, 5) is 26.5. The van der Waals surface area contributed by atoms with Gasteiger partial charge in [-0.2, -0.15) is 0 Å². The average Bonchev–Trinajstić information content (AvgIpc) is 3.02. The smallest absolute Gasteiger partial charge is 0.143 e. The number of ketones is 2. The maximum absolute atomic E-state index is 13.2. The Hall–Kier alpha value is -0.660. The topological polar surface area (TPSA) is 34.1 Å². The third-order valence-corrected chi connectivity index (χ3v) is 9.93. The van der Waals surface area contributed by atoms with Gasteiger partial charge in [0.25, 0.3) is 0 Å². The molecule has 0 spiro atoms. The molecule has 0 amide bonds. The van der Waals surface area contributed by atoms with E-state index in [0.717, 1.165) is 38.5 Å². The molecule has 0 aromatic heterocycles. The maximum atomic E-state index is 13.2. The second kappa shape index (κ2) is 36.8. The van der Waals surface area contributed by atoms with Crippen LogP contribution in [0.5, 0.6) is 0 Å². The Morgan fingerprint density at radius 3 is 0.750 bits per heavy atom. The quantitative estimate of drug-likeness (QED) is 0.0509. The monoisotopic (exact) mass is 619 g/mol. The van der Waals surface area contributed by atoms with Crippen molar-refractivity contribution in [2.75, 3.05) is 0 Å². The van der Waals surface area contributed by atoms with E-state index in [-0.39, 0.29) is 17.5 Å². The van der Waals surface area contributed by atoms with Crippen LogP contribution < -0.4 is 0 Å². The lowest BCUT2D eigenvalue weighted by Crippen LogP contribution is -2.24. The highest BCUT2D eigenvalue weighted by molar-refractivity contribution is 6.02. The first kappa shape index (κ1) is 43.3. The predicted molar refractivity (Wildman–Crippen MR) is 197 cm³/mol. The summed E-state index contributed by atoms with van der Waals surface area (Å²) < 4.78 is 0. The van der Waals surface area contributed by atoms with Gasteiger partial charge in [-0.15, -0.1) is 0 Å². The fraction of sp³-hybridized carbons (Fsp3) is 0.952. The molecule has 0 saturated carbocycles. The van der Waals surface area contributed by atoms with Gasteiger partial charge in [-0.3, -0.25) is 9.59 Å². The van der Waals surface area contributed by atoms with Crippen molar-refractivity contribution in [1.82, 2.24) is 0 Å². The van der Waals surface area contributed by atoms with Crippen LogP contribution in [0.3, 0.4) is 0 Å². The molecule has 0 heterocycles. The summed E-state index contributed by atoms with van der Waals surface area (Å²) in [5.74, 6) is 0.223. The van der Waals surface area contributed by atoms with E-state index in [0.29, 0.717) is 12.8 Å². The lowest BCUT2D eigenvalue weighted by Gasteiger charge is -2.15. The van der Waals surface area contributed by atoms with Crippen molar-refractivity contribution in [2.24, 2.45) is 5.92 Å². The molecule has 0 aliphatic carbocycles. The van der Waals surface area contributed by atoms with Crippen molar-refractivity contribution in [3.8, 4) is 0 Å². The second-order valence-electron chi connectivity index (χ2n) is 14.4. The van der Waals surface area contributed by atoms with Gasteiger partial charge >= 0.3 is 0 Å². The molecule has 0 saturated heterocycles. The molecule has 0 N–H and O–H groups in total. The minimum absolute atomic E-state index is 0.264. The summed E-state index contributed by atoms with van der Waals surface area (Å²) in [6, 6.07) is 0. The Balaban J connectivity index is 4.21. The normalized spacial score (nSPS) is 12.2. The first-order valence-corrected chi connectivity index (χ1v) is 20.7. The van der Waals surface area contributed by atoms with Crippen LogP contribution >= 0.6 is 0 Å². The summed E-state index contributed by atoms with van der Waals surface area (Å²) in [5.41, 5.74) is 0. The number of unbranched alkanes of at least 4 members (excludes halogenated alkanes) is 30. The Bertz CT molecular complexity index is 582. The Morgan fingerprint density at radius 1 is 0.295 bits per heavy atom. The fourth-order valence-corrected chi connectivity index (χ4v) is 6.79. The van der Waals surface area contributed by atoms with Crippen LogP contribution in [0.1, 0.15) is 252 Å². The molecule has 0 radical (unpaired) electrons. The molecule has 1 unspecified atom stereocenters. The predicted octanol–water partition coefficient (Wildman–Crippen LogP) is 14.8. The van der Waals surface area contributed by atoms with Gasteiger partial charge in [-0.1, -0.05) is 220 Å². The summed E-state index contributed by atoms with van der Waals surface area (Å²) in [6.07, 6.45) is 45.2. The van der Waals surface area contributed by atoms with E-state index in [1.54, 1.807) is 0 Å². The molecular formula is C42H82O2. The van der Waals surface area contributed by atoms with E-state index >= 15 is 0 Å². The van der Waals surface area contributed by atoms with Crippen molar-refractivity contribution in [3.63, 3.8) is 0 Å². The van der Waals surface area contributed by atoms with Crippen LogP contribution in [0, 0.1) is 5.92 Å². The zero-order valence-corrected chi connectivity index (χ0v) is 30.8. The summed E-state index contributed by atoms with van der Waals surface area (Å²) >= 11 is 0. The highest BCUT2D eigenvalue weighted by atomic mass is 16.1. The van der Waals surface area contributed by atoms with Gasteiger partial charge in [0.1, 0.15) is 11.6 Å². The summed E-state index contributed by atoms with van der Waals surface area (Å²) in [7, 11) is 0. The molecule has 1 atom stereocenters. The van der Waals surface area contributed by atoms with Gasteiger partial charge < -0.3 is 0 Å². The Kier molecular flexibility index (Phi) is 36.3. The van der Waals surface area contributed by atoms with Gasteiger partial charge in [0.05, 0.1) is 5.92 Å². The molecule has 0 aromatic rings. The van der Waals surface area contributed by atoms with Crippen molar-refractivity contribution in [3.05, 3.63) is 0 Å². The van der Waals surface area contributed by atoms with Crippen LogP contribution in [0.4, 0.5) is 0 Å². The van der Waals surface area contributed by atoms with Gasteiger partial charge in [0.15, 0.2) is 0 Å². The van der Waals surface area contributed by atoms with Crippen LogP contribution in [-0.2, 0) is 9.59 Å². The fourth-order valence-electron chi connectivity index (χ4n) is 6.79. The Morgan fingerprint density at radius 2 is 0.500 bits per heavy atom. The molecule has 0 fully saturated rings. The number of carbonyl (C=O) groups excluding carboxylic acids is 2. The maximum Gasteiger partial charge on any atom is 0.143 e. The minimum Gasteiger partial charge on any atom is -0.299 e. The highest BCUT2D eigenvalue weighted by Gasteiger charge is 2.24. The van der Waals surface area contributed by atoms with Crippen LogP contribution in [0.25, 0.3) is 0 Å². The number of Topliss-reactive ketones (excluding diaryl/α,β-unsaturated/α-hetero) is 2. The van der Waals surface area contributed by atoms with E-state index in [2.05, 4.69) is 20.8 Å². The third kappa shape index (κ3) is 31.3. The number of carbonyl (C=O) groups is 2. The van der Waals surface area contributed by atoms with Crippen LogP contribution in [0.2, 0.25) is 0 Å². The molecule has 262 valence electrons. The molecule has 0 bridgehead atoms. The second-order valence-corrected chi connectivity index (χ2v) is 14.4. The molecular weight excluding hydrogens is 536 g/mol. The van der Waals surface area contributed by atoms with Crippen LogP contribution in [0.15, 0.2) is 0 Å². The van der Waals surface area contributed by atoms with E-state index in [1.165, 1.54) is 180 Å². The van der Waals surface area contributed by atoms with Crippen molar-refractivity contribution < 1.29 is 9.59 Å². The Labute approximate surface area is 278 Å². The van der Waals surface area contributed by atoms with Gasteiger partial charge in [0, 0.05) is 12.8 Å². The lowest BCUT2D eigenvalue weighted by atomic mass is 9.87. The van der Waals surface area contributed by atoms with E-state index < -0.39 is 0 Å². The van der Waals surface area contributed by atoms with E-state index in [9.17, 15) is 9.59 Å². The largest absolute Gasteiger partial charge is 0.299 e. The zero-order valence-electron chi connectivity index (χ0n) is 30.8. The lowest BCUT2D eigenvalue weighted by molar-refractivity contribution is -0.133. The SMILES string of the molecule is CCCCCCCCCCCCCCCC(C(=O)CCCCCCCCCCC)C(=O)CCCCCCCCCCCCC. The first-order valence-electron chi connectivity index (χ1n) is 20.7. The van der Waals surface area contributed by atoms with E-state index in [1.807, 2.05) is 0 Å². The standard InChI is InChI=1S/C42H82O2/c1-4-7-10-13-16-19-21-22-24-26-28-31-34-37-40(41(43)38-35-32-29-25-18-15-12-9-6-3)42(44)39-36-33-30-27-23-20-17-14-11-8-5-2/h40H,4-39H2,1-3H3. The highest BCUT2D eigenvalue weighted by Crippen LogP contribution is 2.21. The summed E-state index contributed by atoms with van der Waals surface area (Å²) in [5, 5.41) is 0. The number of hydrogen-bond acceptors (Lipinski definition) is 2. The van der Waals surface area contributed by atoms with Crippen molar-refractivity contribution >= 4 is 11.6 Å². The molecule has 0 aromatic carbocycles. The number of rotatable bonds is 38. The minimum atomic E-state index is -0.306. The van der Waals surface area contributed by atoms with E-state index in [4.69, 9.17) is 0 Å². The zero-order chi connectivity index (χ0) is 32.2. The molecule has 0 aliphatic heterocycles. The molecule has 0 rings (SSSR count). The van der Waals surface area contributed by atoms with Crippen molar-refractivity contribution in [1.29, 1.82) is 0 Å². The molecule has 44 heavy (non-hydrogen) atoms. The summed E-state index contributed by atoms with van der Waals surface area (Å²) in [6.45, 7) is 6.83. The molecule has 2 heteroatoms. The van der Waals surface area contributed by atoms with Crippen molar-refractivity contribution in [2.45, 2.75) is 252 Å². The van der Waals surface area contributed by atoms with Crippen LogP contribution in [-0.4, -0.2) is 11.6 Å². The van der Waals surface area contributed by atoms with Gasteiger partial charge in [0.2, 0.25) is 0 Å². The molecule has 2 nitrogen and oxygen atoms in total. The number of hydrogen-bond donors (Lipinski definition) is 0. The van der Waals surface area contributed by atoms with Gasteiger partial charge in [-0.25, -0.2) is 0 Å². The third-order valence-electron chi connectivity index (χ3n) is 9.93. The first-order chi connectivity index (χ1) is 21.7. The average molecular weight is 619 g/mol. The molecule has 0 aliphatic rings.